The smallest absolute Gasteiger partial charge is 0.296 e. The molecule has 7 heteroatoms. The van der Waals surface area contributed by atoms with Gasteiger partial charge >= 0.3 is 0 Å². The van der Waals surface area contributed by atoms with Gasteiger partial charge < -0.3 is 19.7 Å². The number of rotatable bonds is 2. The number of nitro benzene ring substituents is 1. The summed E-state index contributed by atoms with van der Waals surface area (Å²) in [6.07, 6.45) is 0. The molecule has 0 spiro atoms. The lowest BCUT2D eigenvalue weighted by Gasteiger charge is -2.39. The highest BCUT2D eigenvalue weighted by Gasteiger charge is 2.30. The van der Waals surface area contributed by atoms with Crippen LogP contribution in [0.3, 0.4) is 0 Å². The molecule has 2 unspecified atom stereocenters. The number of benzene rings is 1. The molecule has 114 valence electrons. The lowest BCUT2D eigenvalue weighted by Crippen LogP contribution is -2.54. The van der Waals surface area contributed by atoms with Gasteiger partial charge in [-0.3, -0.25) is 10.1 Å². The van der Waals surface area contributed by atoms with Crippen LogP contribution in [0.15, 0.2) is 12.1 Å². The summed E-state index contributed by atoms with van der Waals surface area (Å²) in [6, 6.07) is 3.68. The van der Waals surface area contributed by atoms with E-state index in [2.05, 4.69) is 24.1 Å². The number of nitro groups is 1. The van der Waals surface area contributed by atoms with Gasteiger partial charge in [-0.2, -0.15) is 0 Å². The Balaban J connectivity index is 2.04. The fourth-order valence-electron chi connectivity index (χ4n) is 2.80. The van der Waals surface area contributed by atoms with Crippen LogP contribution in [0.25, 0.3) is 0 Å². The van der Waals surface area contributed by atoms with E-state index in [9.17, 15) is 10.1 Å². The molecule has 1 aromatic rings. The third kappa shape index (κ3) is 2.61. The van der Waals surface area contributed by atoms with Crippen LogP contribution in [-0.2, 0) is 0 Å². The molecule has 0 aromatic heterocycles. The van der Waals surface area contributed by atoms with Gasteiger partial charge in [0, 0.05) is 31.2 Å². The first-order valence-electron chi connectivity index (χ1n) is 7.14. The van der Waals surface area contributed by atoms with Crippen molar-refractivity contribution < 1.29 is 14.4 Å². The SMILES string of the molecule is CC1CN(c2cc3c(cc2[N+](=O)[O-])OCCO3)C(C)CN1. The van der Waals surface area contributed by atoms with Gasteiger partial charge in [-0.1, -0.05) is 0 Å². The second-order valence-corrected chi connectivity index (χ2v) is 5.55. The van der Waals surface area contributed by atoms with E-state index in [1.165, 1.54) is 6.07 Å². The largest absolute Gasteiger partial charge is 0.486 e. The maximum atomic E-state index is 11.4. The number of nitrogens with zero attached hydrogens (tertiary/aromatic N) is 2. The van der Waals surface area contributed by atoms with Gasteiger partial charge in [0.2, 0.25) is 0 Å². The maximum absolute atomic E-state index is 11.4. The maximum Gasteiger partial charge on any atom is 0.296 e. The van der Waals surface area contributed by atoms with E-state index < -0.39 is 0 Å². The number of piperazine rings is 1. The molecule has 1 saturated heterocycles. The average molecular weight is 293 g/mol. The summed E-state index contributed by atoms with van der Waals surface area (Å²) in [7, 11) is 0. The molecular formula is C14H19N3O4. The molecule has 0 aliphatic carbocycles. The van der Waals surface area contributed by atoms with Gasteiger partial charge in [0.15, 0.2) is 11.5 Å². The van der Waals surface area contributed by atoms with Gasteiger partial charge in [-0.25, -0.2) is 0 Å². The minimum absolute atomic E-state index is 0.0696. The van der Waals surface area contributed by atoms with Crippen LogP contribution >= 0.6 is 0 Å². The Morgan fingerprint density at radius 2 is 1.95 bits per heavy atom. The van der Waals surface area contributed by atoms with E-state index in [-0.39, 0.29) is 22.7 Å². The van der Waals surface area contributed by atoms with Crippen molar-refractivity contribution in [1.82, 2.24) is 5.32 Å². The number of fused-ring (bicyclic) bond motifs is 1. The molecule has 0 amide bonds. The predicted octanol–water partition coefficient (Wildman–Crippen LogP) is 1.55. The Kier molecular flexibility index (Phi) is 3.59. The Labute approximate surface area is 123 Å². The lowest BCUT2D eigenvalue weighted by atomic mass is 10.1. The number of nitrogens with one attached hydrogen (secondary N) is 1. The molecule has 21 heavy (non-hydrogen) atoms. The van der Waals surface area contributed by atoms with E-state index in [0.29, 0.717) is 30.4 Å². The molecule has 1 aromatic carbocycles. The van der Waals surface area contributed by atoms with Gasteiger partial charge in [0.05, 0.1) is 11.0 Å². The molecule has 2 aliphatic heterocycles. The first-order valence-corrected chi connectivity index (χ1v) is 7.14. The Bertz CT molecular complexity index is 563. The van der Waals surface area contributed by atoms with Crippen molar-refractivity contribution in [3.8, 4) is 11.5 Å². The van der Waals surface area contributed by atoms with E-state index in [0.717, 1.165) is 13.1 Å². The van der Waals surface area contributed by atoms with Crippen LogP contribution in [0.5, 0.6) is 11.5 Å². The zero-order chi connectivity index (χ0) is 15.0. The molecule has 2 aliphatic rings. The second kappa shape index (κ2) is 5.40. The number of anilines is 1. The quantitative estimate of drug-likeness (QED) is 0.658. The fraction of sp³-hybridized carbons (Fsp3) is 0.571. The molecule has 7 nitrogen and oxygen atoms in total. The van der Waals surface area contributed by atoms with Crippen molar-refractivity contribution in [3.05, 3.63) is 22.2 Å². The van der Waals surface area contributed by atoms with Crippen LogP contribution in [0, 0.1) is 10.1 Å². The van der Waals surface area contributed by atoms with E-state index in [4.69, 9.17) is 9.47 Å². The number of hydrogen-bond donors (Lipinski definition) is 1. The van der Waals surface area contributed by atoms with Crippen LogP contribution in [0.1, 0.15) is 13.8 Å². The number of hydrogen-bond acceptors (Lipinski definition) is 6. The van der Waals surface area contributed by atoms with Crippen molar-refractivity contribution in [2.75, 3.05) is 31.2 Å². The monoisotopic (exact) mass is 293 g/mol. The summed E-state index contributed by atoms with van der Waals surface area (Å²) in [6.45, 7) is 6.54. The summed E-state index contributed by atoms with van der Waals surface area (Å²) < 4.78 is 11.0. The lowest BCUT2D eigenvalue weighted by molar-refractivity contribution is -0.384. The third-order valence-electron chi connectivity index (χ3n) is 3.91. The Morgan fingerprint density at radius 3 is 2.62 bits per heavy atom. The highest BCUT2D eigenvalue weighted by molar-refractivity contribution is 5.70. The zero-order valence-corrected chi connectivity index (χ0v) is 12.2. The van der Waals surface area contributed by atoms with Crippen LogP contribution < -0.4 is 19.7 Å². The Hall–Kier alpha value is -2.02. The topological polar surface area (TPSA) is 76.9 Å². The third-order valence-corrected chi connectivity index (χ3v) is 3.91. The van der Waals surface area contributed by atoms with Crippen molar-refractivity contribution in [3.63, 3.8) is 0 Å². The summed E-state index contributed by atoms with van der Waals surface area (Å²) in [5.41, 5.74) is 0.672. The minimum atomic E-state index is -0.354. The molecule has 2 heterocycles. The summed E-state index contributed by atoms with van der Waals surface area (Å²) in [5.74, 6) is 1.03. The normalized spacial score (nSPS) is 24.8. The van der Waals surface area contributed by atoms with Gasteiger partial charge in [0.1, 0.15) is 18.9 Å². The highest BCUT2D eigenvalue weighted by atomic mass is 16.6. The first-order chi connectivity index (χ1) is 10.1. The van der Waals surface area contributed by atoms with Crippen LogP contribution in [0.2, 0.25) is 0 Å². The average Bonchev–Trinajstić information content (AvgIpc) is 2.48. The summed E-state index contributed by atoms with van der Waals surface area (Å²) in [5, 5.41) is 14.8. The van der Waals surface area contributed by atoms with Crippen molar-refractivity contribution in [2.24, 2.45) is 0 Å². The summed E-state index contributed by atoms with van der Waals surface area (Å²) in [4.78, 5) is 13.1. The second-order valence-electron chi connectivity index (χ2n) is 5.55. The van der Waals surface area contributed by atoms with Gasteiger partial charge in [0.25, 0.3) is 5.69 Å². The molecule has 3 rings (SSSR count). The van der Waals surface area contributed by atoms with Crippen molar-refractivity contribution in [1.29, 1.82) is 0 Å². The first kappa shape index (κ1) is 13.9. The molecule has 1 N–H and O–H groups in total. The van der Waals surface area contributed by atoms with Crippen LogP contribution in [0.4, 0.5) is 11.4 Å². The zero-order valence-electron chi connectivity index (χ0n) is 12.2. The molecular weight excluding hydrogens is 274 g/mol. The fourth-order valence-corrected chi connectivity index (χ4v) is 2.80. The highest BCUT2D eigenvalue weighted by Crippen LogP contribution is 2.41. The van der Waals surface area contributed by atoms with E-state index in [1.807, 2.05) is 0 Å². The van der Waals surface area contributed by atoms with E-state index in [1.54, 1.807) is 6.07 Å². The molecule has 0 bridgehead atoms. The van der Waals surface area contributed by atoms with Gasteiger partial charge in [-0.05, 0) is 13.8 Å². The van der Waals surface area contributed by atoms with Gasteiger partial charge in [-0.15, -0.1) is 0 Å². The summed E-state index contributed by atoms with van der Waals surface area (Å²) >= 11 is 0. The predicted molar refractivity (Wildman–Crippen MR) is 78.4 cm³/mol. The molecule has 0 saturated carbocycles. The van der Waals surface area contributed by atoms with Crippen molar-refractivity contribution >= 4 is 11.4 Å². The number of ether oxygens (including phenoxy) is 2. The van der Waals surface area contributed by atoms with Crippen LogP contribution in [-0.4, -0.2) is 43.3 Å². The molecule has 2 atom stereocenters. The standard InChI is InChI=1S/C14H19N3O4/c1-9-8-16(10(2)7-15-9)11-5-13-14(21-4-3-20-13)6-12(11)17(18)19/h5-6,9-10,15H,3-4,7-8H2,1-2H3. The molecule has 0 radical (unpaired) electrons. The molecule has 1 fully saturated rings. The van der Waals surface area contributed by atoms with Crippen molar-refractivity contribution in [2.45, 2.75) is 25.9 Å². The minimum Gasteiger partial charge on any atom is -0.486 e. The van der Waals surface area contributed by atoms with E-state index >= 15 is 0 Å². The Morgan fingerprint density at radius 1 is 1.29 bits per heavy atom.